The zero-order valence-corrected chi connectivity index (χ0v) is 29.3. The van der Waals surface area contributed by atoms with Crippen molar-refractivity contribution in [2.75, 3.05) is 26.7 Å². The molecule has 0 saturated carbocycles. The Hall–Kier alpha value is -1.10. The predicted molar refractivity (Wildman–Crippen MR) is 182 cm³/mol. The molecule has 1 aliphatic heterocycles. The van der Waals surface area contributed by atoms with Crippen LogP contribution in [0.25, 0.3) is 0 Å². The molecule has 43 heavy (non-hydrogen) atoms. The molecule has 0 aromatic heterocycles. The van der Waals surface area contributed by atoms with Gasteiger partial charge >= 0.3 is 11.9 Å². The number of esters is 2. The van der Waals surface area contributed by atoms with Crippen molar-refractivity contribution in [2.24, 2.45) is 11.8 Å². The summed E-state index contributed by atoms with van der Waals surface area (Å²) >= 11 is 0. The van der Waals surface area contributed by atoms with Crippen LogP contribution in [0.1, 0.15) is 188 Å². The van der Waals surface area contributed by atoms with E-state index in [4.69, 9.17) is 9.47 Å². The van der Waals surface area contributed by atoms with Crippen molar-refractivity contribution >= 4 is 11.9 Å². The van der Waals surface area contributed by atoms with Crippen LogP contribution in [-0.4, -0.2) is 49.7 Å². The number of carbonyl (C=O) groups excluding carboxylic acids is 2. The molecule has 1 fully saturated rings. The highest BCUT2D eigenvalue weighted by Crippen LogP contribution is 2.23. The van der Waals surface area contributed by atoms with Crippen LogP contribution in [0.15, 0.2) is 0 Å². The van der Waals surface area contributed by atoms with E-state index < -0.39 is 0 Å². The third-order valence-corrected chi connectivity index (χ3v) is 9.53. The molecule has 0 aromatic carbocycles. The van der Waals surface area contributed by atoms with Crippen molar-refractivity contribution in [2.45, 2.75) is 194 Å². The van der Waals surface area contributed by atoms with Crippen molar-refractivity contribution in [1.29, 1.82) is 0 Å². The molecule has 5 nitrogen and oxygen atoms in total. The zero-order chi connectivity index (χ0) is 31.4. The molecule has 1 rings (SSSR count). The average Bonchev–Trinajstić information content (AvgIpc) is 3.01. The molecule has 0 radical (unpaired) electrons. The molecule has 0 aromatic rings. The molecule has 1 saturated heterocycles. The fourth-order valence-electron chi connectivity index (χ4n) is 6.39. The minimum atomic E-state index is -0.00492. The maximum absolute atomic E-state index is 12.9. The Labute approximate surface area is 268 Å². The smallest absolute Gasteiger partial charge is 0.309 e. The molecule has 0 amide bonds. The van der Waals surface area contributed by atoms with Crippen LogP contribution < -0.4 is 0 Å². The SMILES string of the molecule is CCCCCCCCCC(CCCCCCCCC(=O)OCC(CCCC)CCCCCC)OC(=O)C1CCN(C)CC1. The van der Waals surface area contributed by atoms with Gasteiger partial charge in [-0.05, 0) is 83.8 Å². The van der Waals surface area contributed by atoms with Gasteiger partial charge in [-0.2, -0.15) is 0 Å². The lowest BCUT2D eigenvalue weighted by Gasteiger charge is -2.29. The van der Waals surface area contributed by atoms with Crippen molar-refractivity contribution in [3.8, 4) is 0 Å². The van der Waals surface area contributed by atoms with Crippen molar-refractivity contribution < 1.29 is 19.1 Å². The molecule has 254 valence electrons. The number of rotatable bonds is 29. The van der Waals surface area contributed by atoms with Crippen LogP contribution in [0.3, 0.4) is 0 Å². The van der Waals surface area contributed by atoms with E-state index in [0.29, 0.717) is 18.9 Å². The van der Waals surface area contributed by atoms with Crippen LogP contribution in [-0.2, 0) is 19.1 Å². The largest absolute Gasteiger partial charge is 0.465 e. The first-order chi connectivity index (χ1) is 21.0. The maximum atomic E-state index is 12.9. The normalized spacial score (nSPS) is 15.8. The number of hydrogen-bond acceptors (Lipinski definition) is 5. The number of nitrogens with zero attached hydrogens (tertiary/aromatic N) is 1. The van der Waals surface area contributed by atoms with Gasteiger partial charge in [0.25, 0.3) is 0 Å². The van der Waals surface area contributed by atoms with E-state index in [1.54, 1.807) is 0 Å². The number of ether oxygens (including phenoxy) is 2. The minimum Gasteiger partial charge on any atom is -0.465 e. The van der Waals surface area contributed by atoms with Gasteiger partial charge in [-0.15, -0.1) is 0 Å². The van der Waals surface area contributed by atoms with E-state index in [-0.39, 0.29) is 24.0 Å². The van der Waals surface area contributed by atoms with Gasteiger partial charge in [0.2, 0.25) is 0 Å². The second-order valence-corrected chi connectivity index (χ2v) is 13.7. The summed E-state index contributed by atoms with van der Waals surface area (Å²) in [5, 5.41) is 0. The highest BCUT2D eigenvalue weighted by Gasteiger charge is 2.26. The summed E-state index contributed by atoms with van der Waals surface area (Å²) in [6, 6.07) is 0. The van der Waals surface area contributed by atoms with E-state index in [1.165, 1.54) is 116 Å². The first kappa shape index (κ1) is 39.9. The van der Waals surface area contributed by atoms with Gasteiger partial charge in [0.05, 0.1) is 12.5 Å². The van der Waals surface area contributed by atoms with E-state index in [9.17, 15) is 9.59 Å². The third kappa shape index (κ3) is 23.0. The Morgan fingerprint density at radius 3 is 1.67 bits per heavy atom. The zero-order valence-electron chi connectivity index (χ0n) is 29.3. The van der Waals surface area contributed by atoms with Gasteiger partial charge in [0, 0.05) is 6.42 Å². The number of hydrogen-bond donors (Lipinski definition) is 0. The van der Waals surface area contributed by atoms with Crippen LogP contribution in [0, 0.1) is 11.8 Å². The summed E-state index contributed by atoms with van der Waals surface area (Å²) in [5.41, 5.74) is 0. The lowest BCUT2D eigenvalue weighted by molar-refractivity contribution is -0.156. The number of carbonyl (C=O) groups is 2. The number of piperidine rings is 1. The molecular weight excluding hydrogens is 534 g/mol. The molecule has 0 bridgehead atoms. The first-order valence-corrected chi connectivity index (χ1v) is 19.0. The number of unbranched alkanes of at least 4 members (excludes halogenated alkanes) is 15. The predicted octanol–water partition coefficient (Wildman–Crippen LogP) is 10.8. The van der Waals surface area contributed by atoms with Gasteiger partial charge in [-0.1, -0.05) is 124 Å². The molecule has 1 heterocycles. The third-order valence-electron chi connectivity index (χ3n) is 9.53. The van der Waals surface area contributed by atoms with E-state index in [2.05, 4.69) is 32.7 Å². The summed E-state index contributed by atoms with van der Waals surface area (Å²) in [7, 11) is 2.14. The lowest BCUT2D eigenvalue weighted by Crippen LogP contribution is -2.35. The summed E-state index contributed by atoms with van der Waals surface area (Å²) < 4.78 is 11.8. The van der Waals surface area contributed by atoms with Gasteiger partial charge in [0.1, 0.15) is 6.10 Å². The Morgan fingerprint density at radius 2 is 1.09 bits per heavy atom. The van der Waals surface area contributed by atoms with E-state index in [0.717, 1.165) is 58.0 Å². The second-order valence-electron chi connectivity index (χ2n) is 13.7. The average molecular weight is 608 g/mol. The quantitative estimate of drug-likeness (QED) is 0.0625. The maximum Gasteiger partial charge on any atom is 0.309 e. The van der Waals surface area contributed by atoms with Crippen LogP contribution >= 0.6 is 0 Å². The second kappa shape index (κ2) is 28.4. The van der Waals surface area contributed by atoms with Crippen molar-refractivity contribution in [3.63, 3.8) is 0 Å². The Morgan fingerprint density at radius 1 is 0.628 bits per heavy atom. The highest BCUT2D eigenvalue weighted by molar-refractivity contribution is 5.72. The lowest BCUT2D eigenvalue weighted by atomic mass is 9.96. The minimum absolute atomic E-state index is 0.00492. The van der Waals surface area contributed by atoms with Crippen molar-refractivity contribution in [1.82, 2.24) is 4.90 Å². The van der Waals surface area contributed by atoms with Crippen LogP contribution in [0.2, 0.25) is 0 Å². The molecular formula is C38H73NO4. The van der Waals surface area contributed by atoms with Crippen molar-refractivity contribution in [3.05, 3.63) is 0 Å². The first-order valence-electron chi connectivity index (χ1n) is 19.0. The monoisotopic (exact) mass is 608 g/mol. The fourth-order valence-corrected chi connectivity index (χ4v) is 6.39. The Kier molecular flexibility index (Phi) is 26.3. The molecule has 2 unspecified atom stereocenters. The van der Waals surface area contributed by atoms with Crippen LogP contribution in [0.4, 0.5) is 0 Å². The summed E-state index contributed by atoms with van der Waals surface area (Å²) in [5.74, 6) is 0.683. The summed E-state index contributed by atoms with van der Waals surface area (Å²) in [6.07, 6.45) is 30.3. The fraction of sp³-hybridized carbons (Fsp3) is 0.947. The van der Waals surface area contributed by atoms with Crippen LogP contribution in [0.5, 0.6) is 0 Å². The number of likely N-dealkylation sites (tertiary alicyclic amines) is 1. The van der Waals surface area contributed by atoms with Gasteiger partial charge < -0.3 is 14.4 Å². The molecule has 0 N–H and O–H groups in total. The molecule has 2 atom stereocenters. The Balaban J connectivity index is 2.23. The molecule has 5 heteroatoms. The van der Waals surface area contributed by atoms with Gasteiger partial charge in [0.15, 0.2) is 0 Å². The summed E-state index contributed by atoms with van der Waals surface area (Å²) in [4.78, 5) is 27.5. The Bertz CT molecular complexity index is 646. The van der Waals surface area contributed by atoms with E-state index >= 15 is 0 Å². The highest BCUT2D eigenvalue weighted by atomic mass is 16.5. The molecule has 1 aliphatic rings. The molecule has 0 spiro atoms. The van der Waals surface area contributed by atoms with E-state index in [1.807, 2.05) is 0 Å². The van der Waals surface area contributed by atoms with Gasteiger partial charge in [-0.25, -0.2) is 0 Å². The topological polar surface area (TPSA) is 55.8 Å². The molecule has 0 aliphatic carbocycles. The van der Waals surface area contributed by atoms with Gasteiger partial charge in [-0.3, -0.25) is 9.59 Å². The summed E-state index contributed by atoms with van der Waals surface area (Å²) in [6.45, 7) is 9.37. The standard InChI is InChI=1S/C38H73NO4/c1-5-8-11-13-14-17-21-26-36(43-38(41)35-29-31-39(4)32-30-35)27-22-18-15-16-19-23-28-37(40)42-33-34(24-10-7-3)25-20-12-9-6-2/h34-36H,5-33H2,1-4H3.